The molecule has 0 bridgehead atoms. The molecule has 0 spiro atoms. The molecule has 4 nitrogen and oxygen atoms in total. The van der Waals surface area contributed by atoms with Crippen LogP contribution in [0.5, 0.6) is 5.75 Å². The molecule has 3 N–H and O–H groups in total. The number of fused-ring (bicyclic) bond motifs is 1. The zero-order valence-corrected chi connectivity index (χ0v) is 10.8. The van der Waals surface area contributed by atoms with Crippen molar-refractivity contribution in [1.82, 2.24) is 9.97 Å². The molecule has 18 heavy (non-hydrogen) atoms. The standard InChI is InChI=1S/C13H13N3OS/c1-17-10-2-3-12-11(5-10)8(6-15-12)4-9-7-18-13(14)16-9/h2-3,5-7,15H,4H2,1H3,(H2,14,16). The number of nitrogens with one attached hydrogen (secondary N) is 1. The summed E-state index contributed by atoms with van der Waals surface area (Å²) >= 11 is 1.47. The maximum atomic E-state index is 5.65. The lowest BCUT2D eigenvalue weighted by Gasteiger charge is -2.00. The van der Waals surface area contributed by atoms with Crippen LogP contribution < -0.4 is 10.5 Å². The molecule has 1 aromatic carbocycles. The molecule has 5 heteroatoms. The van der Waals surface area contributed by atoms with Gasteiger partial charge < -0.3 is 15.5 Å². The Hall–Kier alpha value is -2.01. The normalized spacial score (nSPS) is 10.9. The number of nitrogens with zero attached hydrogens (tertiary/aromatic N) is 1. The fourth-order valence-electron chi connectivity index (χ4n) is 2.03. The van der Waals surface area contributed by atoms with Gasteiger partial charge in [0.25, 0.3) is 0 Å². The fourth-order valence-corrected chi connectivity index (χ4v) is 2.59. The van der Waals surface area contributed by atoms with E-state index in [4.69, 9.17) is 10.5 Å². The zero-order valence-electron chi connectivity index (χ0n) is 9.93. The van der Waals surface area contributed by atoms with Gasteiger partial charge in [-0.25, -0.2) is 4.98 Å². The zero-order chi connectivity index (χ0) is 12.5. The van der Waals surface area contributed by atoms with Crippen LogP contribution in [0.2, 0.25) is 0 Å². The van der Waals surface area contributed by atoms with Gasteiger partial charge >= 0.3 is 0 Å². The first-order valence-electron chi connectivity index (χ1n) is 5.60. The lowest BCUT2D eigenvalue weighted by atomic mass is 10.1. The van der Waals surface area contributed by atoms with Crippen LogP contribution in [0.3, 0.4) is 0 Å². The number of rotatable bonds is 3. The fraction of sp³-hybridized carbons (Fsp3) is 0.154. The van der Waals surface area contributed by atoms with Gasteiger partial charge in [-0.05, 0) is 23.8 Å². The number of methoxy groups -OCH3 is 1. The van der Waals surface area contributed by atoms with Gasteiger partial charge in [-0.2, -0.15) is 0 Å². The lowest BCUT2D eigenvalue weighted by molar-refractivity contribution is 0.415. The summed E-state index contributed by atoms with van der Waals surface area (Å²) in [5.41, 5.74) is 8.96. The second kappa shape index (κ2) is 4.34. The third-order valence-electron chi connectivity index (χ3n) is 2.92. The van der Waals surface area contributed by atoms with Gasteiger partial charge in [0.15, 0.2) is 5.13 Å². The van der Waals surface area contributed by atoms with E-state index < -0.39 is 0 Å². The minimum Gasteiger partial charge on any atom is -0.497 e. The number of ether oxygens (including phenoxy) is 1. The van der Waals surface area contributed by atoms with Crippen LogP contribution in [0, 0.1) is 0 Å². The van der Waals surface area contributed by atoms with E-state index in [1.54, 1.807) is 7.11 Å². The van der Waals surface area contributed by atoms with E-state index in [1.165, 1.54) is 22.3 Å². The van der Waals surface area contributed by atoms with E-state index in [9.17, 15) is 0 Å². The maximum absolute atomic E-state index is 5.65. The van der Waals surface area contributed by atoms with Crippen molar-refractivity contribution < 1.29 is 4.74 Å². The number of benzene rings is 1. The van der Waals surface area contributed by atoms with Crippen LogP contribution in [-0.4, -0.2) is 17.1 Å². The molecular weight excluding hydrogens is 246 g/mol. The molecule has 0 aliphatic carbocycles. The number of hydrogen-bond acceptors (Lipinski definition) is 4. The Balaban J connectivity index is 2.01. The van der Waals surface area contributed by atoms with Crippen molar-refractivity contribution in [2.45, 2.75) is 6.42 Å². The molecule has 2 aromatic heterocycles. The van der Waals surface area contributed by atoms with Gasteiger partial charge in [0, 0.05) is 28.9 Å². The van der Waals surface area contributed by atoms with Gasteiger partial charge in [0.2, 0.25) is 0 Å². The van der Waals surface area contributed by atoms with Crippen molar-refractivity contribution in [2.75, 3.05) is 12.8 Å². The lowest BCUT2D eigenvalue weighted by Crippen LogP contribution is -1.89. The van der Waals surface area contributed by atoms with Gasteiger partial charge in [0.1, 0.15) is 5.75 Å². The Labute approximate surface area is 108 Å². The third kappa shape index (κ3) is 1.93. The summed E-state index contributed by atoms with van der Waals surface area (Å²) in [6.07, 6.45) is 2.79. The number of H-pyrrole nitrogens is 1. The minimum atomic E-state index is 0.613. The average molecular weight is 259 g/mol. The first kappa shape index (κ1) is 11.1. The van der Waals surface area contributed by atoms with E-state index >= 15 is 0 Å². The predicted molar refractivity (Wildman–Crippen MR) is 74.2 cm³/mol. The molecule has 2 heterocycles. The summed E-state index contributed by atoms with van der Waals surface area (Å²) in [4.78, 5) is 7.54. The van der Waals surface area contributed by atoms with Crippen LogP contribution >= 0.6 is 11.3 Å². The Morgan fingerprint density at radius 2 is 2.33 bits per heavy atom. The Morgan fingerprint density at radius 3 is 3.06 bits per heavy atom. The van der Waals surface area contributed by atoms with E-state index in [1.807, 2.05) is 29.8 Å². The molecule has 0 aliphatic rings. The molecule has 92 valence electrons. The number of anilines is 1. The first-order chi connectivity index (χ1) is 8.76. The van der Waals surface area contributed by atoms with E-state index in [-0.39, 0.29) is 0 Å². The van der Waals surface area contributed by atoms with E-state index in [0.717, 1.165) is 23.4 Å². The molecule has 0 atom stereocenters. The maximum Gasteiger partial charge on any atom is 0.180 e. The number of aromatic amines is 1. The van der Waals surface area contributed by atoms with Crippen LogP contribution in [0.15, 0.2) is 29.8 Å². The van der Waals surface area contributed by atoms with E-state index in [2.05, 4.69) is 9.97 Å². The van der Waals surface area contributed by atoms with Crippen molar-refractivity contribution in [3.63, 3.8) is 0 Å². The summed E-state index contributed by atoms with van der Waals surface area (Å²) in [7, 11) is 1.68. The van der Waals surface area contributed by atoms with Gasteiger partial charge in [-0.1, -0.05) is 0 Å². The van der Waals surface area contributed by atoms with Crippen molar-refractivity contribution in [3.05, 3.63) is 41.0 Å². The molecule has 0 saturated heterocycles. The summed E-state index contributed by atoms with van der Waals surface area (Å²) in [5.74, 6) is 0.862. The van der Waals surface area contributed by atoms with Crippen LogP contribution in [-0.2, 0) is 6.42 Å². The molecule has 0 aliphatic heterocycles. The second-order valence-electron chi connectivity index (χ2n) is 4.08. The van der Waals surface area contributed by atoms with E-state index in [0.29, 0.717) is 5.13 Å². The van der Waals surface area contributed by atoms with Crippen molar-refractivity contribution >= 4 is 27.4 Å². The number of thiazole rings is 1. The molecule has 0 amide bonds. The summed E-state index contributed by atoms with van der Waals surface area (Å²) < 4.78 is 5.25. The molecule has 0 fully saturated rings. The number of nitrogen functional groups attached to an aromatic ring is 1. The quantitative estimate of drug-likeness (QED) is 0.760. The summed E-state index contributed by atoms with van der Waals surface area (Å²) in [6.45, 7) is 0. The highest BCUT2D eigenvalue weighted by Crippen LogP contribution is 2.26. The average Bonchev–Trinajstić information content (AvgIpc) is 2.96. The molecular formula is C13H13N3OS. The largest absolute Gasteiger partial charge is 0.497 e. The molecule has 3 aromatic rings. The van der Waals surface area contributed by atoms with Crippen LogP contribution in [0.4, 0.5) is 5.13 Å². The predicted octanol–water partition coefficient (Wildman–Crippen LogP) is 2.81. The Kier molecular flexibility index (Phi) is 2.68. The van der Waals surface area contributed by atoms with Gasteiger partial charge in [-0.15, -0.1) is 11.3 Å². The van der Waals surface area contributed by atoms with Crippen molar-refractivity contribution in [1.29, 1.82) is 0 Å². The number of aromatic nitrogens is 2. The van der Waals surface area contributed by atoms with Gasteiger partial charge in [-0.3, -0.25) is 0 Å². The topological polar surface area (TPSA) is 63.9 Å². The van der Waals surface area contributed by atoms with Crippen molar-refractivity contribution in [2.24, 2.45) is 0 Å². The van der Waals surface area contributed by atoms with Crippen LogP contribution in [0.1, 0.15) is 11.3 Å². The summed E-state index contributed by atoms with van der Waals surface area (Å²) in [6, 6.07) is 6.01. The first-order valence-corrected chi connectivity index (χ1v) is 6.48. The minimum absolute atomic E-state index is 0.613. The Bertz CT molecular complexity index is 686. The molecule has 0 radical (unpaired) electrons. The third-order valence-corrected chi connectivity index (χ3v) is 3.64. The smallest absolute Gasteiger partial charge is 0.180 e. The molecule has 3 rings (SSSR count). The molecule has 0 saturated carbocycles. The highest BCUT2D eigenvalue weighted by molar-refractivity contribution is 7.13. The molecule has 0 unspecified atom stereocenters. The number of nitrogens with two attached hydrogens (primary N) is 1. The van der Waals surface area contributed by atoms with Gasteiger partial charge in [0.05, 0.1) is 12.8 Å². The highest BCUT2D eigenvalue weighted by Gasteiger charge is 2.07. The highest BCUT2D eigenvalue weighted by atomic mass is 32.1. The van der Waals surface area contributed by atoms with Crippen LogP contribution in [0.25, 0.3) is 10.9 Å². The number of hydrogen-bond donors (Lipinski definition) is 2. The van der Waals surface area contributed by atoms with Crippen molar-refractivity contribution in [3.8, 4) is 5.75 Å². The summed E-state index contributed by atoms with van der Waals surface area (Å²) in [5, 5.41) is 3.78. The SMILES string of the molecule is COc1ccc2[nH]cc(Cc3csc(N)n3)c2c1. The Morgan fingerprint density at radius 1 is 1.44 bits per heavy atom. The second-order valence-corrected chi connectivity index (χ2v) is 4.97. The monoisotopic (exact) mass is 259 g/mol.